The second kappa shape index (κ2) is 10.2. The second-order valence-electron chi connectivity index (χ2n) is 9.91. The first-order chi connectivity index (χ1) is 15.4. The van der Waals surface area contributed by atoms with E-state index in [-0.39, 0.29) is 11.2 Å². The molecule has 6 heteroatoms. The lowest BCUT2D eigenvalue weighted by Crippen LogP contribution is -2.43. The van der Waals surface area contributed by atoms with E-state index in [0.29, 0.717) is 16.9 Å². The van der Waals surface area contributed by atoms with Crippen LogP contribution in [0.25, 0.3) is 0 Å². The van der Waals surface area contributed by atoms with Crippen LogP contribution in [0.3, 0.4) is 0 Å². The Hall–Kier alpha value is -2.21. The van der Waals surface area contributed by atoms with Crippen LogP contribution >= 0.6 is 12.2 Å². The van der Waals surface area contributed by atoms with Crippen molar-refractivity contribution in [3.63, 3.8) is 0 Å². The van der Waals surface area contributed by atoms with Crippen molar-refractivity contribution in [3.05, 3.63) is 54.0 Å². The number of piperidine rings is 1. The molecule has 2 aliphatic rings. The molecule has 2 N–H and O–H groups in total. The van der Waals surface area contributed by atoms with Crippen LogP contribution in [0.2, 0.25) is 0 Å². The normalized spacial score (nSPS) is 22.9. The first kappa shape index (κ1) is 23.0. The van der Waals surface area contributed by atoms with Crippen LogP contribution in [-0.2, 0) is 5.41 Å². The van der Waals surface area contributed by atoms with Gasteiger partial charge in [0.05, 0.1) is 11.9 Å². The Morgan fingerprint density at radius 3 is 2.38 bits per heavy atom. The molecule has 1 aliphatic heterocycles. The van der Waals surface area contributed by atoms with E-state index in [1.807, 2.05) is 18.3 Å². The summed E-state index contributed by atoms with van der Waals surface area (Å²) in [4.78, 5) is 7.07. The Bertz CT molecular complexity index is 883. The maximum absolute atomic E-state index is 13.5. The molecular formula is C26H35FN4S. The highest BCUT2D eigenvalue weighted by molar-refractivity contribution is 7.80. The summed E-state index contributed by atoms with van der Waals surface area (Å²) < 4.78 is 13.5. The summed E-state index contributed by atoms with van der Waals surface area (Å²) in [6, 6.07) is 11.1. The summed E-state index contributed by atoms with van der Waals surface area (Å²) in [5.74, 6) is 2.24. The van der Waals surface area contributed by atoms with Gasteiger partial charge in [-0.05, 0) is 73.1 Å². The van der Waals surface area contributed by atoms with Crippen LogP contribution < -0.4 is 15.5 Å². The quantitative estimate of drug-likeness (QED) is 0.551. The molecular weight excluding hydrogens is 419 g/mol. The summed E-state index contributed by atoms with van der Waals surface area (Å²) in [5.41, 5.74) is 2.09. The molecule has 172 valence electrons. The van der Waals surface area contributed by atoms with E-state index in [0.717, 1.165) is 44.0 Å². The van der Waals surface area contributed by atoms with Gasteiger partial charge < -0.3 is 15.5 Å². The van der Waals surface area contributed by atoms with Crippen molar-refractivity contribution in [1.29, 1.82) is 0 Å². The van der Waals surface area contributed by atoms with Crippen LogP contribution in [0.5, 0.6) is 0 Å². The van der Waals surface area contributed by atoms with Gasteiger partial charge in [0, 0.05) is 25.0 Å². The van der Waals surface area contributed by atoms with Gasteiger partial charge in [-0.25, -0.2) is 9.37 Å². The maximum Gasteiger partial charge on any atom is 0.170 e. The number of anilines is 2. The molecule has 0 radical (unpaired) electrons. The van der Waals surface area contributed by atoms with Crippen molar-refractivity contribution >= 4 is 28.8 Å². The first-order valence-corrected chi connectivity index (χ1v) is 12.4. The molecule has 2 heterocycles. The fourth-order valence-electron chi connectivity index (χ4n) is 5.52. The summed E-state index contributed by atoms with van der Waals surface area (Å²) in [5, 5.41) is 7.32. The topological polar surface area (TPSA) is 40.2 Å². The van der Waals surface area contributed by atoms with E-state index in [4.69, 9.17) is 12.2 Å². The SMILES string of the molecule is CC1CC(C)CN(c2ccc(NC(=S)NCC3(c4ccc(F)cc4)CCCCC3)cn2)C1. The van der Waals surface area contributed by atoms with Crippen LogP contribution in [0.15, 0.2) is 42.6 Å². The third-order valence-corrected chi connectivity index (χ3v) is 7.30. The molecule has 2 unspecified atom stereocenters. The third-order valence-electron chi connectivity index (χ3n) is 7.05. The molecule has 0 amide bonds. The van der Waals surface area contributed by atoms with Crippen molar-refractivity contribution in [1.82, 2.24) is 10.3 Å². The number of benzene rings is 1. The van der Waals surface area contributed by atoms with Crippen LogP contribution in [0, 0.1) is 17.7 Å². The van der Waals surface area contributed by atoms with Crippen molar-refractivity contribution in [2.75, 3.05) is 29.9 Å². The number of aromatic nitrogens is 1. The average Bonchev–Trinajstić information content (AvgIpc) is 2.79. The largest absolute Gasteiger partial charge is 0.362 e. The van der Waals surface area contributed by atoms with Crippen LogP contribution in [-0.4, -0.2) is 29.7 Å². The van der Waals surface area contributed by atoms with Crippen LogP contribution in [0.4, 0.5) is 15.9 Å². The Morgan fingerprint density at radius 1 is 1.06 bits per heavy atom. The highest BCUT2D eigenvalue weighted by atomic mass is 32.1. The summed E-state index contributed by atoms with van der Waals surface area (Å²) in [6.45, 7) is 7.51. The molecule has 1 aliphatic carbocycles. The molecule has 2 fully saturated rings. The Morgan fingerprint density at radius 2 is 1.75 bits per heavy atom. The van der Waals surface area contributed by atoms with Crippen molar-refractivity contribution in [2.45, 2.75) is 57.8 Å². The summed E-state index contributed by atoms with van der Waals surface area (Å²) >= 11 is 5.59. The van der Waals surface area contributed by atoms with Crippen molar-refractivity contribution < 1.29 is 4.39 Å². The molecule has 0 spiro atoms. The lowest BCUT2D eigenvalue weighted by molar-refractivity contribution is 0.292. The number of halogens is 1. The molecule has 4 rings (SSSR count). The molecule has 32 heavy (non-hydrogen) atoms. The molecule has 4 nitrogen and oxygen atoms in total. The van der Waals surface area contributed by atoms with E-state index in [9.17, 15) is 4.39 Å². The molecule has 1 aromatic carbocycles. The van der Waals surface area contributed by atoms with E-state index in [1.54, 1.807) is 12.1 Å². The fourth-order valence-corrected chi connectivity index (χ4v) is 5.71. The predicted molar refractivity (Wildman–Crippen MR) is 135 cm³/mol. The van der Waals surface area contributed by atoms with E-state index < -0.39 is 0 Å². The maximum atomic E-state index is 13.5. The molecule has 0 bridgehead atoms. The number of nitrogens with one attached hydrogen (secondary N) is 2. The zero-order chi connectivity index (χ0) is 22.6. The predicted octanol–water partition coefficient (Wildman–Crippen LogP) is 5.89. The standard InChI is InChI=1S/C26H35FN4S/c1-19-14-20(2)17-31(16-19)24-11-10-23(15-28-24)30-25(32)29-18-26(12-4-3-5-13-26)21-6-8-22(27)9-7-21/h6-11,15,19-20H,3-5,12-14,16-18H2,1-2H3,(H2,29,30,32). The van der Waals surface area contributed by atoms with Gasteiger partial charge >= 0.3 is 0 Å². The number of pyridine rings is 1. The highest BCUT2D eigenvalue weighted by Gasteiger charge is 2.34. The molecule has 1 saturated heterocycles. The molecule has 1 saturated carbocycles. The second-order valence-corrected chi connectivity index (χ2v) is 10.3. The Labute approximate surface area is 197 Å². The van der Waals surface area contributed by atoms with E-state index in [1.165, 1.54) is 31.2 Å². The first-order valence-electron chi connectivity index (χ1n) is 12.0. The van der Waals surface area contributed by atoms with Gasteiger partial charge in [-0.15, -0.1) is 0 Å². The summed E-state index contributed by atoms with van der Waals surface area (Å²) in [7, 11) is 0. The van der Waals surface area contributed by atoms with Gasteiger partial charge in [0.15, 0.2) is 5.11 Å². The van der Waals surface area contributed by atoms with Crippen molar-refractivity contribution in [3.8, 4) is 0 Å². The summed E-state index contributed by atoms with van der Waals surface area (Å²) in [6.07, 6.45) is 8.99. The van der Waals surface area contributed by atoms with E-state index >= 15 is 0 Å². The smallest absolute Gasteiger partial charge is 0.170 e. The van der Waals surface area contributed by atoms with Gasteiger partial charge in [0.2, 0.25) is 0 Å². The Balaban J connectivity index is 1.36. The van der Waals surface area contributed by atoms with Gasteiger partial charge in [0.25, 0.3) is 0 Å². The van der Waals surface area contributed by atoms with Crippen molar-refractivity contribution in [2.24, 2.45) is 11.8 Å². The molecule has 1 aromatic heterocycles. The van der Waals surface area contributed by atoms with Gasteiger partial charge in [-0.2, -0.15) is 0 Å². The number of rotatable bonds is 5. The van der Waals surface area contributed by atoms with E-state index in [2.05, 4.69) is 46.5 Å². The number of hydrogen-bond donors (Lipinski definition) is 2. The minimum absolute atomic E-state index is 0.00143. The van der Waals surface area contributed by atoms with Crippen LogP contribution in [0.1, 0.15) is 57.9 Å². The lowest BCUT2D eigenvalue weighted by Gasteiger charge is -2.38. The fraction of sp³-hybridized carbons (Fsp3) is 0.538. The number of thiocarbonyl (C=S) groups is 1. The zero-order valence-electron chi connectivity index (χ0n) is 19.2. The van der Waals surface area contributed by atoms with Gasteiger partial charge in [-0.1, -0.05) is 45.2 Å². The van der Waals surface area contributed by atoms with Gasteiger partial charge in [-0.3, -0.25) is 0 Å². The lowest BCUT2D eigenvalue weighted by atomic mass is 9.69. The Kier molecular flexibility index (Phi) is 7.29. The molecule has 2 atom stereocenters. The average molecular weight is 455 g/mol. The highest BCUT2D eigenvalue weighted by Crippen LogP contribution is 2.39. The third kappa shape index (κ3) is 5.58. The minimum atomic E-state index is -0.186. The molecule has 2 aromatic rings. The number of hydrogen-bond acceptors (Lipinski definition) is 3. The van der Waals surface area contributed by atoms with Gasteiger partial charge in [0.1, 0.15) is 11.6 Å². The minimum Gasteiger partial charge on any atom is -0.362 e. The monoisotopic (exact) mass is 454 g/mol. The zero-order valence-corrected chi connectivity index (χ0v) is 20.1. The number of nitrogens with zero attached hydrogens (tertiary/aromatic N) is 2.